The maximum absolute atomic E-state index is 13.7. The molecule has 0 aromatic heterocycles. The smallest absolute Gasteiger partial charge is 0.264 e. The number of nitrogens with one attached hydrogen (secondary N) is 1. The second-order valence-corrected chi connectivity index (χ2v) is 6.66. The number of hydrogen-bond donors (Lipinski definition) is 2. The van der Waals surface area contributed by atoms with E-state index in [0.717, 1.165) is 12.1 Å². The van der Waals surface area contributed by atoms with Gasteiger partial charge in [-0.25, -0.2) is 12.8 Å². The minimum Gasteiger partial charge on any atom is -0.399 e. The van der Waals surface area contributed by atoms with Crippen LogP contribution in [0.25, 0.3) is 0 Å². The molecule has 0 bridgehead atoms. The number of rotatable bonds is 3. The van der Waals surface area contributed by atoms with Gasteiger partial charge in [0.05, 0.1) is 11.3 Å². The molecule has 2 aromatic carbocycles. The maximum atomic E-state index is 13.7. The summed E-state index contributed by atoms with van der Waals surface area (Å²) < 4.78 is 40.9. The summed E-state index contributed by atoms with van der Waals surface area (Å²) >= 11 is 3.18. The van der Waals surface area contributed by atoms with Crippen molar-refractivity contribution in [2.24, 2.45) is 0 Å². The van der Waals surface area contributed by atoms with Gasteiger partial charge in [0, 0.05) is 10.2 Å². The van der Waals surface area contributed by atoms with Crippen molar-refractivity contribution in [2.75, 3.05) is 10.5 Å². The van der Waals surface area contributed by atoms with Gasteiger partial charge in [0.1, 0.15) is 16.8 Å². The van der Waals surface area contributed by atoms with E-state index in [0.29, 0.717) is 4.47 Å². The fraction of sp³-hybridized carbons (Fsp3) is 0. The molecule has 0 amide bonds. The Balaban J connectivity index is 2.48. The Labute approximate surface area is 129 Å². The zero-order valence-electron chi connectivity index (χ0n) is 10.5. The van der Waals surface area contributed by atoms with Gasteiger partial charge in [-0.1, -0.05) is 15.9 Å². The molecule has 0 spiro atoms. The monoisotopic (exact) mass is 369 g/mol. The highest BCUT2D eigenvalue weighted by atomic mass is 79.9. The number of nitrogen functional groups attached to an aromatic ring is 1. The topological polar surface area (TPSA) is 96.0 Å². The number of hydrogen-bond acceptors (Lipinski definition) is 4. The molecule has 0 fully saturated rings. The Morgan fingerprint density at radius 1 is 1.24 bits per heavy atom. The van der Waals surface area contributed by atoms with E-state index < -0.39 is 20.7 Å². The molecule has 2 aromatic rings. The zero-order valence-corrected chi connectivity index (χ0v) is 12.9. The normalized spacial score (nSPS) is 10.9. The molecule has 0 atom stereocenters. The molecule has 0 radical (unpaired) electrons. The highest BCUT2D eigenvalue weighted by Gasteiger charge is 2.20. The van der Waals surface area contributed by atoms with Crippen molar-refractivity contribution in [3.8, 4) is 6.07 Å². The SMILES string of the molecule is N#Cc1cc(Br)ccc1NS(=O)(=O)c1cc(N)ccc1F. The lowest BCUT2D eigenvalue weighted by molar-refractivity contribution is 0.570. The molecule has 5 nitrogen and oxygen atoms in total. The predicted octanol–water partition coefficient (Wildman–Crippen LogP) is 2.84. The number of halogens is 2. The third kappa shape index (κ3) is 3.32. The predicted molar refractivity (Wildman–Crippen MR) is 80.5 cm³/mol. The van der Waals surface area contributed by atoms with E-state index in [4.69, 9.17) is 11.0 Å². The minimum absolute atomic E-state index is 0.0579. The minimum atomic E-state index is -4.18. The van der Waals surface area contributed by atoms with Gasteiger partial charge in [0.2, 0.25) is 0 Å². The van der Waals surface area contributed by atoms with Gasteiger partial charge in [-0.05, 0) is 36.4 Å². The van der Waals surface area contributed by atoms with E-state index in [-0.39, 0.29) is 16.9 Å². The average molecular weight is 370 g/mol. The number of nitrogens with zero attached hydrogens (tertiary/aromatic N) is 1. The number of benzene rings is 2. The summed E-state index contributed by atoms with van der Waals surface area (Å²) in [6.45, 7) is 0. The molecule has 0 aliphatic carbocycles. The van der Waals surface area contributed by atoms with Crippen LogP contribution < -0.4 is 10.5 Å². The van der Waals surface area contributed by atoms with Gasteiger partial charge in [0.25, 0.3) is 10.0 Å². The van der Waals surface area contributed by atoms with Gasteiger partial charge in [-0.2, -0.15) is 5.26 Å². The summed E-state index contributed by atoms with van der Waals surface area (Å²) in [5.74, 6) is -0.924. The van der Waals surface area contributed by atoms with Gasteiger partial charge in [-0.3, -0.25) is 4.72 Å². The van der Waals surface area contributed by atoms with E-state index in [1.165, 1.54) is 18.2 Å². The highest BCUT2D eigenvalue weighted by molar-refractivity contribution is 9.10. The summed E-state index contributed by atoms with van der Waals surface area (Å²) in [4.78, 5) is -0.575. The van der Waals surface area contributed by atoms with Crippen LogP contribution in [0.1, 0.15) is 5.56 Å². The largest absolute Gasteiger partial charge is 0.399 e. The number of nitrogens with two attached hydrogens (primary N) is 1. The van der Waals surface area contributed by atoms with Crippen LogP contribution in [0.3, 0.4) is 0 Å². The molecule has 0 aliphatic rings. The first-order chi connectivity index (χ1) is 9.83. The second kappa shape index (κ2) is 5.71. The first-order valence-corrected chi connectivity index (χ1v) is 7.88. The third-order valence-electron chi connectivity index (χ3n) is 2.59. The molecule has 8 heteroatoms. The lowest BCUT2D eigenvalue weighted by Crippen LogP contribution is -2.15. The molecule has 108 valence electrons. The number of sulfonamides is 1. The van der Waals surface area contributed by atoms with Crippen LogP contribution in [-0.2, 0) is 10.0 Å². The first kappa shape index (κ1) is 15.3. The summed E-state index contributed by atoms with van der Waals surface area (Å²) in [5, 5.41) is 9.01. The van der Waals surface area contributed by atoms with Gasteiger partial charge in [0.15, 0.2) is 0 Å². The van der Waals surface area contributed by atoms with Crippen LogP contribution >= 0.6 is 15.9 Å². The number of anilines is 2. The molecular weight excluding hydrogens is 361 g/mol. The first-order valence-electron chi connectivity index (χ1n) is 5.61. The lowest BCUT2D eigenvalue weighted by Gasteiger charge is -2.11. The van der Waals surface area contributed by atoms with Crippen LogP contribution in [0.4, 0.5) is 15.8 Å². The van der Waals surface area contributed by atoms with Crippen LogP contribution in [0.2, 0.25) is 0 Å². The van der Waals surface area contributed by atoms with E-state index in [1.54, 1.807) is 6.07 Å². The fourth-order valence-corrected chi connectivity index (χ4v) is 3.18. The molecule has 0 heterocycles. The maximum Gasteiger partial charge on any atom is 0.264 e. The molecule has 3 N–H and O–H groups in total. The van der Waals surface area contributed by atoms with Crippen molar-refractivity contribution in [1.82, 2.24) is 0 Å². The van der Waals surface area contributed by atoms with Crippen LogP contribution in [0.15, 0.2) is 45.8 Å². The van der Waals surface area contributed by atoms with Gasteiger partial charge >= 0.3 is 0 Å². The van der Waals surface area contributed by atoms with Gasteiger partial charge in [-0.15, -0.1) is 0 Å². The highest BCUT2D eigenvalue weighted by Crippen LogP contribution is 2.25. The fourth-order valence-electron chi connectivity index (χ4n) is 1.62. The zero-order chi connectivity index (χ0) is 15.6. The van der Waals surface area contributed by atoms with Crippen molar-refractivity contribution < 1.29 is 12.8 Å². The van der Waals surface area contributed by atoms with Crippen LogP contribution in [-0.4, -0.2) is 8.42 Å². The third-order valence-corrected chi connectivity index (χ3v) is 4.46. The number of nitriles is 1. The Morgan fingerprint density at radius 3 is 2.62 bits per heavy atom. The molecule has 21 heavy (non-hydrogen) atoms. The lowest BCUT2D eigenvalue weighted by atomic mass is 10.2. The van der Waals surface area contributed by atoms with Crippen molar-refractivity contribution >= 4 is 37.3 Å². The Morgan fingerprint density at radius 2 is 1.95 bits per heavy atom. The summed E-state index contributed by atoms with van der Waals surface area (Å²) in [6.07, 6.45) is 0. The van der Waals surface area contributed by atoms with E-state index >= 15 is 0 Å². The summed E-state index contributed by atoms with van der Waals surface area (Å²) in [5.41, 5.74) is 5.76. The van der Waals surface area contributed by atoms with Crippen LogP contribution in [0.5, 0.6) is 0 Å². The average Bonchev–Trinajstić information content (AvgIpc) is 2.43. The molecular formula is C13H9BrFN3O2S. The standard InChI is InChI=1S/C13H9BrFN3O2S/c14-9-1-4-12(8(5-9)7-16)18-21(19,20)13-6-10(17)2-3-11(13)15/h1-6,18H,17H2. The van der Waals surface area contributed by atoms with E-state index in [2.05, 4.69) is 20.7 Å². The summed E-state index contributed by atoms with van der Waals surface area (Å²) in [6, 6.07) is 9.53. The molecule has 2 rings (SSSR count). The second-order valence-electron chi connectivity index (χ2n) is 4.10. The van der Waals surface area contributed by atoms with Crippen molar-refractivity contribution in [1.29, 1.82) is 5.26 Å². The Bertz CT molecular complexity index is 847. The van der Waals surface area contributed by atoms with Crippen LogP contribution in [0, 0.1) is 17.1 Å². The quantitative estimate of drug-likeness (QED) is 0.812. The molecule has 0 saturated heterocycles. The summed E-state index contributed by atoms with van der Waals surface area (Å²) in [7, 11) is -4.18. The van der Waals surface area contributed by atoms with Gasteiger partial charge < -0.3 is 5.73 Å². The van der Waals surface area contributed by atoms with E-state index in [9.17, 15) is 12.8 Å². The Hall–Kier alpha value is -2.11. The van der Waals surface area contributed by atoms with Crippen molar-refractivity contribution in [2.45, 2.75) is 4.90 Å². The van der Waals surface area contributed by atoms with E-state index in [1.807, 2.05) is 6.07 Å². The Kier molecular flexibility index (Phi) is 4.16. The molecule has 0 saturated carbocycles. The molecule has 0 aliphatic heterocycles. The molecule has 0 unspecified atom stereocenters. The van der Waals surface area contributed by atoms with Crippen molar-refractivity contribution in [3.63, 3.8) is 0 Å². The van der Waals surface area contributed by atoms with Crippen molar-refractivity contribution in [3.05, 3.63) is 52.3 Å².